The van der Waals surface area contributed by atoms with E-state index in [-0.39, 0.29) is 11.9 Å². The molecule has 0 aromatic heterocycles. The molecule has 5 nitrogen and oxygen atoms in total. The summed E-state index contributed by atoms with van der Waals surface area (Å²) in [6.45, 7) is 2.37. The van der Waals surface area contributed by atoms with Gasteiger partial charge >= 0.3 is 5.97 Å². The normalized spacial score (nSPS) is 10.1. The van der Waals surface area contributed by atoms with Crippen molar-refractivity contribution in [3.05, 3.63) is 29.3 Å². The van der Waals surface area contributed by atoms with Crippen LogP contribution in [-0.2, 0) is 9.53 Å². The Morgan fingerprint density at radius 3 is 2.68 bits per heavy atom. The van der Waals surface area contributed by atoms with Crippen LogP contribution >= 0.6 is 0 Å². The molecule has 1 amide bonds. The molecule has 0 bridgehead atoms. The van der Waals surface area contributed by atoms with Gasteiger partial charge in [-0.2, -0.15) is 0 Å². The van der Waals surface area contributed by atoms with E-state index >= 15 is 0 Å². The third-order valence-electron chi connectivity index (χ3n) is 2.94. The first-order valence-electron chi connectivity index (χ1n) is 6.14. The second-order valence-electron chi connectivity index (χ2n) is 4.48. The molecule has 0 heterocycles. The molecule has 0 unspecified atom stereocenters. The van der Waals surface area contributed by atoms with Gasteiger partial charge in [-0.1, -0.05) is 6.07 Å². The van der Waals surface area contributed by atoms with Gasteiger partial charge < -0.3 is 15.4 Å². The van der Waals surface area contributed by atoms with Crippen LogP contribution in [0.2, 0.25) is 0 Å². The highest BCUT2D eigenvalue weighted by molar-refractivity contribution is 5.96. The lowest BCUT2D eigenvalue weighted by Crippen LogP contribution is -2.28. The van der Waals surface area contributed by atoms with Crippen LogP contribution in [0.4, 0.5) is 5.69 Å². The van der Waals surface area contributed by atoms with E-state index in [0.29, 0.717) is 30.6 Å². The SMILES string of the molecule is COC(=O)CCCN(C)C(=O)c1cc(N)ccc1C. The second kappa shape index (κ2) is 6.78. The van der Waals surface area contributed by atoms with Crippen LogP contribution in [-0.4, -0.2) is 37.5 Å². The molecule has 5 heteroatoms. The molecule has 0 aliphatic carbocycles. The molecule has 19 heavy (non-hydrogen) atoms. The maximum atomic E-state index is 12.2. The van der Waals surface area contributed by atoms with E-state index in [2.05, 4.69) is 4.74 Å². The molecule has 0 saturated heterocycles. The molecule has 0 spiro atoms. The minimum Gasteiger partial charge on any atom is -0.469 e. The molecule has 1 rings (SSSR count). The van der Waals surface area contributed by atoms with E-state index in [1.54, 1.807) is 24.1 Å². The Labute approximate surface area is 113 Å². The molecule has 104 valence electrons. The number of esters is 1. The number of carbonyl (C=O) groups excluding carboxylic acids is 2. The Kier molecular flexibility index (Phi) is 5.36. The van der Waals surface area contributed by atoms with Crippen molar-refractivity contribution in [1.29, 1.82) is 0 Å². The second-order valence-corrected chi connectivity index (χ2v) is 4.48. The summed E-state index contributed by atoms with van der Waals surface area (Å²) in [6.07, 6.45) is 0.889. The number of nitrogens with zero attached hydrogens (tertiary/aromatic N) is 1. The molecule has 0 aliphatic rings. The van der Waals surface area contributed by atoms with Crippen molar-refractivity contribution in [2.45, 2.75) is 19.8 Å². The zero-order valence-electron chi connectivity index (χ0n) is 11.6. The fourth-order valence-electron chi connectivity index (χ4n) is 1.74. The molecular formula is C14H20N2O3. The number of anilines is 1. The van der Waals surface area contributed by atoms with Gasteiger partial charge in [0.05, 0.1) is 7.11 Å². The smallest absolute Gasteiger partial charge is 0.305 e. The van der Waals surface area contributed by atoms with Crippen molar-refractivity contribution in [1.82, 2.24) is 4.90 Å². The molecule has 0 aliphatic heterocycles. The van der Waals surface area contributed by atoms with Gasteiger partial charge in [-0.3, -0.25) is 9.59 Å². The number of rotatable bonds is 5. The minimum atomic E-state index is -0.263. The quantitative estimate of drug-likeness (QED) is 0.647. The van der Waals surface area contributed by atoms with Crippen LogP contribution < -0.4 is 5.73 Å². The Morgan fingerprint density at radius 1 is 1.37 bits per heavy atom. The zero-order chi connectivity index (χ0) is 14.4. The average molecular weight is 264 g/mol. The van der Waals surface area contributed by atoms with Gasteiger partial charge in [0.25, 0.3) is 5.91 Å². The van der Waals surface area contributed by atoms with Crippen molar-refractivity contribution in [3.63, 3.8) is 0 Å². The van der Waals surface area contributed by atoms with Crippen molar-refractivity contribution in [2.24, 2.45) is 0 Å². The van der Waals surface area contributed by atoms with E-state index in [1.165, 1.54) is 7.11 Å². The van der Waals surface area contributed by atoms with E-state index < -0.39 is 0 Å². The lowest BCUT2D eigenvalue weighted by atomic mass is 10.1. The first kappa shape index (κ1) is 15.0. The lowest BCUT2D eigenvalue weighted by Gasteiger charge is -2.18. The molecule has 1 aromatic rings. The monoisotopic (exact) mass is 264 g/mol. The number of aryl methyl sites for hydroxylation is 1. The number of methoxy groups -OCH3 is 1. The van der Waals surface area contributed by atoms with Crippen LogP contribution in [0.25, 0.3) is 0 Å². The number of nitrogens with two attached hydrogens (primary N) is 1. The van der Waals surface area contributed by atoms with E-state index in [1.807, 2.05) is 13.0 Å². The molecule has 1 aromatic carbocycles. The summed E-state index contributed by atoms with van der Waals surface area (Å²) >= 11 is 0. The van der Waals surface area contributed by atoms with Gasteiger partial charge in [0.1, 0.15) is 0 Å². The van der Waals surface area contributed by atoms with Crippen LogP contribution in [0.1, 0.15) is 28.8 Å². The highest BCUT2D eigenvalue weighted by Crippen LogP contribution is 2.14. The number of hydrogen-bond donors (Lipinski definition) is 1. The topological polar surface area (TPSA) is 72.6 Å². The van der Waals surface area contributed by atoms with Crippen molar-refractivity contribution < 1.29 is 14.3 Å². The maximum absolute atomic E-state index is 12.2. The minimum absolute atomic E-state index is 0.0883. The lowest BCUT2D eigenvalue weighted by molar-refractivity contribution is -0.140. The van der Waals surface area contributed by atoms with Crippen LogP contribution in [0, 0.1) is 6.92 Å². The first-order chi connectivity index (χ1) is 8.95. The van der Waals surface area contributed by atoms with Gasteiger partial charge in [0.2, 0.25) is 0 Å². The van der Waals surface area contributed by atoms with Crippen molar-refractivity contribution in [2.75, 3.05) is 26.4 Å². The van der Waals surface area contributed by atoms with Gasteiger partial charge in [0.15, 0.2) is 0 Å². The van der Waals surface area contributed by atoms with Gasteiger partial charge in [-0.15, -0.1) is 0 Å². The molecule has 0 saturated carbocycles. The summed E-state index contributed by atoms with van der Waals surface area (Å²) in [5, 5.41) is 0. The Morgan fingerprint density at radius 2 is 2.05 bits per heavy atom. The van der Waals surface area contributed by atoms with Gasteiger partial charge in [0, 0.05) is 31.3 Å². The molecule has 2 N–H and O–H groups in total. The summed E-state index contributed by atoms with van der Waals surface area (Å²) in [4.78, 5) is 24.8. The molecule has 0 atom stereocenters. The van der Waals surface area contributed by atoms with Gasteiger partial charge in [-0.05, 0) is 31.0 Å². The summed E-state index contributed by atoms with van der Waals surface area (Å²) in [7, 11) is 3.07. The highest BCUT2D eigenvalue weighted by Gasteiger charge is 2.14. The Balaban J connectivity index is 2.61. The average Bonchev–Trinajstić information content (AvgIpc) is 2.40. The van der Waals surface area contributed by atoms with Crippen LogP contribution in [0.5, 0.6) is 0 Å². The molecular weight excluding hydrogens is 244 g/mol. The third-order valence-corrected chi connectivity index (χ3v) is 2.94. The molecule has 0 radical (unpaired) electrons. The zero-order valence-corrected chi connectivity index (χ0v) is 11.6. The highest BCUT2D eigenvalue weighted by atomic mass is 16.5. The largest absolute Gasteiger partial charge is 0.469 e. The summed E-state index contributed by atoms with van der Waals surface area (Å²) in [5.41, 5.74) is 7.74. The number of benzene rings is 1. The Bertz CT molecular complexity index is 472. The maximum Gasteiger partial charge on any atom is 0.305 e. The Hall–Kier alpha value is -2.04. The van der Waals surface area contributed by atoms with E-state index in [4.69, 9.17) is 5.73 Å². The van der Waals surface area contributed by atoms with Crippen molar-refractivity contribution in [3.8, 4) is 0 Å². The summed E-state index contributed by atoms with van der Waals surface area (Å²) in [6, 6.07) is 5.27. The van der Waals surface area contributed by atoms with E-state index in [9.17, 15) is 9.59 Å². The first-order valence-corrected chi connectivity index (χ1v) is 6.14. The van der Waals surface area contributed by atoms with Crippen LogP contribution in [0.15, 0.2) is 18.2 Å². The van der Waals surface area contributed by atoms with Crippen LogP contribution in [0.3, 0.4) is 0 Å². The third kappa shape index (κ3) is 4.28. The standard InChI is InChI=1S/C14H20N2O3/c1-10-6-7-11(15)9-12(10)14(18)16(2)8-4-5-13(17)19-3/h6-7,9H,4-5,8,15H2,1-3H3. The fraction of sp³-hybridized carbons (Fsp3) is 0.429. The molecule has 0 fully saturated rings. The number of ether oxygens (including phenoxy) is 1. The summed E-state index contributed by atoms with van der Waals surface area (Å²) < 4.78 is 4.55. The number of carbonyl (C=O) groups is 2. The predicted octanol–water partition coefficient (Wildman–Crippen LogP) is 1.60. The fourth-order valence-corrected chi connectivity index (χ4v) is 1.74. The van der Waals surface area contributed by atoms with E-state index in [0.717, 1.165) is 5.56 Å². The van der Waals surface area contributed by atoms with Crippen molar-refractivity contribution >= 4 is 17.6 Å². The number of hydrogen-bond acceptors (Lipinski definition) is 4. The van der Waals surface area contributed by atoms with Gasteiger partial charge in [-0.25, -0.2) is 0 Å². The predicted molar refractivity (Wildman–Crippen MR) is 73.8 cm³/mol. The number of amides is 1. The summed E-state index contributed by atoms with van der Waals surface area (Å²) in [5.74, 6) is -0.351. The number of nitrogen functional groups attached to an aromatic ring is 1.